The van der Waals surface area contributed by atoms with Gasteiger partial charge in [0, 0.05) is 47.3 Å². The highest BCUT2D eigenvalue weighted by molar-refractivity contribution is 5.85. The predicted molar refractivity (Wildman–Crippen MR) is 101 cm³/mol. The minimum atomic E-state index is 0. The lowest BCUT2D eigenvalue weighted by Crippen LogP contribution is -1.96. The van der Waals surface area contributed by atoms with Gasteiger partial charge in [0.15, 0.2) is 0 Å². The monoisotopic (exact) mass is 359 g/mol. The van der Waals surface area contributed by atoms with Crippen molar-refractivity contribution in [3.8, 4) is 22.5 Å². The van der Waals surface area contributed by atoms with E-state index in [1.807, 2.05) is 24.8 Å². The molecule has 0 aromatic carbocycles. The molecule has 3 aromatic heterocycles. The van der Waals surface area contributed by atoms with Crippen molar-refractivity contribution in [2.24, 2.45) is 0 Å². The molecule has 0 radical (unpaired) electrons. The van der Waals surface area contributed by atoms with Gasteiger partial charge in [0.1, 0.15) is 0 Å². The lowest BCUT2D eigenvalue weighted by molar-refractivity contribution is 0.724. The molecule has 2 aliphatic carbocycles. The number of nitrogens with one attached hydrogen (secondary N) is 1. The molecule has 5 rings (SSSR count). The zero-order chi connectivity index (χ0) is 14.5. The fourth-order valence-electron chi connectivity index (χ4n) is 4.38. The Bertz CT molecular complexity index is 763. The van der Waals surface area contributed by atoms with Gasteiger partial charge in [-0.2, -0.15) is 0 Å². The van der Waals surface area contributed by atoms with Crippen molar-refractivity contribution in [1.29, 1.82) is 0 Å². The van der Waals surface area contributed by atoms with E-state index in [0.717, 1.165) is 11.8 Å². The second-order valence-corrected chi connectivity index (χ2v) is 6.38. The van der Waals surface area contributed by atoms with Gasteiger partial charge in [-0.25, -0.2) is 0 Å². The first-order valence-electron chi connectivity index (χ1n) is 7.98. The summed E-state index contributed by atoms with van der Waals surface area (Å²) in [5.74, 6) is 1.46. The van der Waals surface area contributed by atoms with Crippen LogP contribution >= 0.6 is 24.8 Å². The number of aromatic amines is 1. The fraction of sp³-hybridized carbons (Fsp3) is 0.263. The standard InChI is InChI=1S/C19H17N3.2ClH/c1-2-15-11-14(1)16-17(15)19(13-5-9-21-10-6-13)22-18(16)12-3-7-20-8-4-12;;/h3-10,14-15,22H,1-2,11H2;2*1H. The van der Waals surface area contributed by atoms with Crippen LogP contribution in [0.4, 0.5) is 0 Å². The molecule has 2 atom stereocenters. The van der Waals surface area contributed by atoms with Gasteiger partial charge in [-0.1, -0.05) is 0 Å². The molecule has 3 nitrogen and oxygen atoms in total. The van der Waals surface area contributed by atoms with Gasteiger partial charge in [0.05, 0.1) is 0 Å². The molecule has 3 heterocycles. The van der Waals surface area contributed by atoms with Gasteiger partial charge in [-0.15, -0.1) is 24.8 Å². The van der Waals surface area contributed by atoms with Crippen LogP contribution in [0.2, 0.25) is 0 Å². The van der Waals surface area contributed by atoms with Crippen LogP contribution in [0.5, 0.6) is 0 Å². The average molecular weight is 360 g/mol. The van der Waals surface area contributed by atoms with Crippen LogP contribution in [0.25, 0.3) is 22.5 Å². The van der Waals surface area contributed by atoms with Crippen molar-refractivity contribution in [3.63, 3.8) is 0 Å². The summed E-state index contributed by atoms with van der Waals surface area (Å²) in [5, 5.41) is 0. The molecule has 1 N–H and O–H groups in total. The van der Waals surface area contributed by atoms with Crippen LogP contribution in [0, 0.1) is 0 Å². The van der Waals surface area contributed by atoms with Gasteiger partial charge < -0.3 is 4.98 Å². The number of nitrogens with zero attached hydrogens (tertiary/aromatic N) is 2. The lowest BCUT2D eigenvalue weighted by Gasteiger charge is -2.13. The second kappa shape index (κ2) is 6.58. The van der Waals surface area contributed by atoms with Gasteiger partial charge in [-0.05, 0) is 66.5 Å². The van der Waals surface area contributed by atoms with E-state index in [4.69, 9.17) is 0 Å². The third-order valence-electron chi connectivity index (χ3n) is 5.27. The third-order valence-corrected chi connectivity index (χ3v) is 5.27. The molecular weight excluding hydrogens is 341 g/mol. The van der Waals surface area contributed by atoms with E-state index in [1.165, 1.54) is 41.8 Å². The molecule has 2 bridgehead atoms. The molecule has 2 unspecified atom stereocenters. The SMILES string of the molecule is Cl.Cl.c1cc(-c2[nH]c(-c3ccncc3)c3c2C2CCC3C2)ccn1. The summed E-state index contributed by atoms with van der Waals surface area (Å²) in [4.78, 5) is 12.0. The number of H-pyrrole nitrogens is 1. The fourth-order valence-corrected chi connectivity index (χ4v) is 4.38. The molecule has 5 heteroatoms. The lowest BCUT2D eigenvalue weighted by atomic mass is 9.89. The summed E-state index contributed by atoms with van der Waals surface area (Å²) in [5.41, 5.74) is 8.23. The van der Waals surface area contributed by atoms with E-state index < -0.39 is 0 Å². The van der Waals surface area contributed by atoms with E-state index in [0.29, 0.717) is 0 Å². The summed E-state index contributed by atoms with van der Waals surface area (Å²) < 4.78 is 0. The van der Waals surface area contributed by atoms with Gasteiger partial charge in [-0.3, -0.25) is 9.97 Å². The zero-order valence-corrected chi connectivity index (χ0v) is 14.7. The first kappa shape index (κ1) is 17.0. The highest BCUT2D eigenvalue weighted by Crippen LogP contribution is 2.58. The summed E-state index contributed by atoms with van der Waals surface area (Å²) in [6.07, 6.45) is 11.5. The topological polar surface area (TPSA) is 41.6 Å². The number of fused-ring (bicyclic) bond motifs is 5. The Hall–Kier alpha value is -1.84. The number of hydrogen-bond donors (Lipinski definition) is 1. The summed E-state index contributed by atoms with van der Waals surface area (Å²) in [6, 6.07) is 8.42. The van der Waals surface area contributed by atoms with Crippen molar-refractivity contribution in [1.82, 2.24) is 15.0 Å². The Labute approximate surface area is 153 Å². The van der Waals surface area contributed by atoms with Gasteiger partial charge in [0.25, 0.3) is 0 Å². The van der Waals surface area contributed by atoms with E-state index in [9.17, 15) is 0 Å². The zero-order valence-electron chi connectivity index (χ0n) is 13.1. The van der Waals surface area contributed by atoms with Crippen LogP contribution in [0.15, 0.2) is 49.1 Å². The smallest absolute Gasteiger partial charge is 0.0498 e. The van der Waals surface area contributed by atoms with Crippen molar-refractivity contribution in [3.05, 3.63) is 60.2 Å². The first-order valence-corrected chi connectivity index (χ1v) is 7.98. The molecular formula is C19H19Cl2N3. The third kappa shape index (κ3) is 2.43. The van der Waals surface area contributed by atoms with E-state index in [-0.39, 0.29) is 24.8 Å². The van der Waals surface area contributed by atoms with Crippen LogP contribution in [-0.2, 0) is 0 Å². The Kier molecular flexibility index (Phi) is 4.66. The molecule has 1 saturated carbocycles. The summed E-state index contributed by atoms with van der Waals surface area (Å²) >= 11 is 0. The van der Waals surface area contributed by atoms with Crippen LogP contribution < -0.4 is 0 Å². The van der Waals surface area contributed by atoms with Crippen LogP contribution in [0.1, 0.15) is 42.2 Å². The maximum atomic E-state index is 4.16. The molecule has 0 aliphatic heterocycles. The van der Waals surface area contributed by atoms with Crippen molar-refractivity contribution in [2.45, 2.75) is 31.1 Å². The van der Waals surface area contributed by atoms with Gasteiger partial charge in [0.2, 0.25) is 0 Å². The highest BCUT2D eigenvalue weighted by Gasteiger charge is 2.42. The molecule has 0 spiro atoms. The Morgan fingerprint density at radius 1 is 0.708 bits per heavy atom. The number of pyridine rings is 2. The molecule has 1 fully saturated rings. The number of hydrogen-bond acceptors (Lipinski definition) is 2. The van der Waals surface area contributed by atoms with E-state index in [2.05, 4.69) is 39.2 Å². The molecule has 0 amide bonds. The van der Waals surface area contributed by atoms with E-state index >= 15 is 0 Å². The highest BCUT2D eigenvalue weighted by atomic mass is 35.5. The van der Waals surface area contributed by atoms with E-state index in [1.54, 1.807) is 11.1 Å². The van der Waals surface area contributed by atoms with Crippen LogP contribution in [0.3, 0.4) is 0 Å². The molecule has 2 aliphatic rings. The summed E-state index contributed by atoms with van der Waals surface area (Å²) in [7, 11) is 0. The van der Waals surface area contributed by atoms with Crippen molar-refractivity contribution in [2.75, 3.05) is 0 Å². The minimum absolute atomic E-state index is 0. The second-order valence-electron chi connectivity index (χ2n) is 6.38. The molecule has 3 aromatic rings. The van der Waals surface area contributed by atoms with Crippen molar-refractivity contribution < 1.29 is 0 Å². The van der Waals surface area contributed by atoms with Crippen molar-refractivity contribution >= 4 is 24.8 Å². The molecule has 24 heavy (non-hydrogen) atoms. The van der Waals surface area contributed by atoms with Crippen LogP contribution in [-0.4, -0.2) is 15.0 Å². The minimum Gasteiger partial charge on any atom is -0.354 e. The quantitative estimate of drug-likeness (QED) is 0.670. The maximum absolute atomic E-state index is 4.16. The number of aromatic nitrogens is 3. The Morgan fingerprint density at radius 3 is 1.54 bits per heavy atom. The number of halogens is 2. The maximum Gasteiger partial charge on any atom is 0.0498 e. The average Bonchev–Trinajstić information content (AvgIpc) is 3.29. The Morgan fingerprint density at radius 2 is 1.12 bits per heavy atom. The summed E-state index contributed by atoms with van der Waals surface area (Å²) in [6.45, 7) is 0. The Balaban J connectivity index is 0.000000845. The number of rotatable bonds is 2. The largest absolute Gasteiger partial charge is 0.354 e. The first-order chi connectivity index (χ1) is 10.9. The normalized spacial score (nSPS) is 20.2. The van der Waals surface area contributed by atoms with Gasteiger partial charge >= 0.3 is 0 Å². The molecule has 124 valence electrons. The molecule has 0 saturated heterocycles. The predicted octanol–water partition coefficient (Wildman–Crippen LogP) is 5.35.